The summed E-state index contributed by atoms with van der Waals surface area (Å²) >= 11 is 6.14. The van der Waals surface area contributed by atoms with Crippen LogP contribution in [-0.2, 0) is 7.05 Å². The Morgan fingerprint density at radius 1 is 1.45 bits per heavy atom. The van der Waals surface area contributed by atoms with E-state index in [1.165, 1.54) is 25.4 Å². The molecule has 5 nitrogen and oxygen atoms in total. The molecule has 2 unspecified atom stereocenters. The highest BCUT2D eigenvalue weighted by Crippen LogP contribution is 2.38. The number of nitrogens with zero attached hydrogens (tertiary/aromatic N) is 3. The van der Waals surface area contributed by atoms with Crippen LogP contribution in [0.2, 0.25) is 5.02 Å². The average molecular weight is 324 g/mol. The van der Waals surface area contributed by atoms with E-state index in [2.05, 4.69) is 5.10 Å². The van der Waals surface area contributed by atoms with Crippen molar-refractivity contribution in [2.24, 2.45) is 7.05 Å². The van der Waals surface area contributed by atoms with Crippen molar-refractivity contribution >= 4 is 17.3 Å². The quantitative estimate of drug-likeness (QED) is 0.917. The highest BCUT2D eigenvalue weighted by Gasteiger charge is 2.34. The van der Waals surface area contributed by atoms with Crippen molar-refractivity contribution in [3.8, 4) is 0 Å². The first kappa shape index (κ1) is 15.0. The van der Waals surface area contributed by atoms with Crippen LogP contribution in [-0.4, -0.2) is 27.5 Å². The first-order valence-corrected chi connectivity index (χ1v) is 7.27. The molecule has 3 rings (SSSR count). The van der Waals surface area contributed by atoms with Crippen LogP contribution in [0.4, 0.5) is 10.1 Å². The number of aryl methyl sites for hydroxylation is 1. The number of aliphatic hydroxyl groups excluding tert-OH is 1. The molecule has 2 atom stereocenters. The van der Waals surface area contributed by atoms with Gasteiger partial charge in [0.2, 0.25) is 0 Å². The van der Waals surface area contributed by atoms with Gasteiger partial charge in [0.15, 0.2) is 0 Å². The number of hydrogen-bond donors (Lipinski definition) is 1. The predicted molar refractivity (Wildman–Crippen MR) is 81.6 cm³/mol. The molecule has 1 aliphatic rings. The standard InChI is InChI=1S/C15H15ClFN3O2/c1-19-15(22)14(16)13(7-18-19)20-8-11(21)6-12(20)9-3-2-4-10(17)5-9/h2-5,7,11-12,21H,6,8H2,1H3. The zero-order valence-corrected chi connectivity index (χ0v) is 12.7. The lowest BCUT2D eigenvalue weighted by molar-refractivity contribution is 0.194. The van der Waals surface area contributed by atoms with Crippen molar-refractivity contribution in [1.29, 1.82) is 0 Å². The van der Waals surface area contributed by atoms with Gasteiger partial charge in [-0.05, 0) is 24.1 Å². The summed E-state index contributed by atoms with van der Waals surface area (Å²) in [6.07, 6.45) is 1.36. The van der Waals surface area contributed by atoms with Gasteiger partial charge < -0.3 is 10.0 Å². The van der Waals surface area contributed by atoms with E-state index in [1.54, 1.807) is 17.0 Å². The molecule has 2 aromatic rings. The second-order valence-electron chi connectivity index (χ2n) is 5.39. The predicted octanol–water partition coefficient (Wildman–Crippen LogP) is 1.89. The highest BCUT2D eigenvalue weighted by molar-refractivity contribution is 6.33. The summed E-state index contributed by atoms with van der Waals surface area (Å²) in [5, 5.41) is 14.0. The molecule has 0 amide bonds. The van der Waals surface area contributed by atoms with Crippen LogP contribution in [0.1, 0.15) is 18.0 Å². The summed E-state index contributed by atoms with van der Waals surface area (Å²) in [6, 6.07) is 5.96. The van der Waals surface area contributed by atoms with E-state index < -0.39 is 11.7 Å². The SMILES string of the molecule is Cn1ncc(N2CC(O)CC2c2cccc(F)c2)c(Cl)c1=O. The maximum atomic E-state index is 13.5. The molecule has 0 bridgehead atoms. The number of β-amino-alcohol motifs (C(OH)–C–C–N with tert-alkyl or cyclic N) is 1. The Bertz CT molecular complexity index is 765. The molecule has 116 valence electrons. The summed E-state index contributed by atoms with van der Waals surface area (Å²) in [7, 11) is 1.51. The number of aliphatic hydroxyl groups is 1. The molecule has 1 aromatic heterocycles. The minimum atomic E-state index is -0.576. The minimum absolute atomic E-state index is 0.0491. The molecular weight excluding hydrogens is 309 g/mol. The largest absolute Gasteiger partial charge is 0.391 e. The van der Waals surface area contributed by atoms with Gasteiger partial charge >= 0.3 is 0 Å². The summed E-state index contributed by atoms with van der Waals surface area (Å²) in [5.74, 6) is -0.341. The number of halogens is 2. The summed E-state index contributed by atoms with van der Waals surface area (Å²) in [4.78, 5) is 13.7. The molecule has 1 aromatic carbocycles. The number of anilines is 1. The normalized spacial score (nSPS) is 21.4. The van der Waals surface area contributed by atoms with E-state index in [1.807, 2.05) is 0 Å². The minimum Gasteiger partial charge on any atom is -0.391 e. The molecule has 22 heavy (non-hydrogen) atoms. The molecule has 0 saturated carbocycles. The van der Waals surface area contributed by atoms with Gasteiger partial charge in [-0.1, -0.05) is 23.7 Å². The van der Waals surface area contributed by atoms with Crippen molar-refractivity contribution < 1.29 is 9.50 Å². The van der Waals surface area contributed by atoms with Gasteiger partial charge in [0.05, 0.1) is 24.0 Å². The van der Waals surface area contributed by atoms with Crippen LogP contribution < -0.4 is 10.5 Å². The van der Waals surface area contributed by atoms with Crippen molar-refractivity contribution in [1.82, 2.24) is 9.78 Å². The van der Waals surface area contributed by atoms with Crippen LogP contribution in [0.5, 0.6) is 0 Å². The molecular formula is C15H15ClFN3O2. The third-order valence-electron chi connectivity index (χ3n) is 3.88. The maximum absolute atomic E-state index is 13.5. The van der Waals surface area contributed by atoms with Crippen LogP contribution in [0.3, 0.4) is 0 Å². The van der Waals surface area contributed by atoms with Crippen molar-refractivity contribution in [2.45, 2.75) is 18.6 Å². The monoisotopic (exact) mass is 323 g/mol. The van der Waals surface area contributed by atoms with Gasteiger partial charge in [0.1, 0.15) is 10.8 Å². The Morgan fingerprint density at radius 3 is 2.95 bits per heavy atom. The lowest BCUT2D eigenvalue weighted by Crippen LogP contribution is -2.29. The molecule has 7 heteroatoms. The average Bonchev–Trinajstić information content (AvgIpc) is 2.87. The first-order valence-electron chi connectivity index (χ1n) is 6.89. The van der Waals surface area contributed by atoms with Gasteiger partial charge in [-0.15, -0.1) is 0 Å². The van der Waals surface area contributed by atoms with Gasteiger partial charge in [-0.3, -0.25) is 4.79 Å². The number of aromatic nitrogens is 2. The third-order valence-corrected chi connectivity index (χ3v) is 4.24. The smallest absolute Gasteiger partial charge is 0.287 e. The van der Waals surface area contributed by atoms with Crippen LogP contribution >= 0.6 is 11.6 Å². The number of rotatable bonds is 2. The lowest BCUT2D eigenvalue weighted by atomic mass is 10.0. The van der Waals surface area contributed by atoms with Crippen LogP contribution in [0, 0.1) is 5.82 Å². The van der Waals surface area contributed by atoms with E-state index in [-0.39, 0.29) is 16.9 Å². The molecule has 0 aliphatic carbocycles. The Balaban J connectivity index is 2.05. The molecule has 1 N–H and O–H groups in total. The molecule has 1 saturated heterocycles. The fourth-order valence-corrected chi connectivity index (χ4v) is 3.09. The Morgan fingerprint density at radius 2 is 2.23 bits per heavy atom. The molecule has 1 aliphatic heterocycles. The van der Waals surface area contributed by atoms with Crippen LogP contribution in [0.25, 0.3) is 0 Å². The fourth-order valence-electron chi connectivity index (χ4n) is 2.81. The lowest BCUT2D eigenvalue weighted by Gasteiger charge is -2.27. The zero-order chi connectivity index (χ0) is 15.9. The van der Waals surface area contributed by atoms with Crippen molar-refractivity contribution in [2.75, 3.05) is 11.4 Å². The van der Waals surface area contributed by atoms with E-state index in [0.717, 1.165) is 10.2 Å². The number of hydrogen-bond acceptors (Lipinski definition) is 4. The molecule has 1 fully saturated rings. The fraction of sp³-hybridized carbons (Fsp3) is 0.333. The topological polar surface area (TPSA) is 58.4 Å². The van der Waals surface area contributed by atoms with Crippen molar-refractivity contribution in [3.63, 3.8) is 0 Å². The van der Waals surface area contributed by atoms with Crippen LogP contribution in [0.15, 0.2) is 35.3 Å². The molecule has 2 heterocycles. The highest BCUT2D eigenvalue weighted by atomic mass is 35.5. The second kappa shape index (κ2) is 5.70. The van der Waals surface area contributed by atoms with Gasteiger partial charge in [-0.25, -0.2) is 9.07 Å². The summed E-state index contributed by atoms with van der Waals surface area (Å²) in [6.45, 7) is 0.315. The third kappa shape index (κ3) is 2.60. The van der Waals surface area contributed by atoms with Gasteiger partial charge in [0.25, 0.3) is 5.56 Å². The summed E-state index contributed by atoms with van der Waals surface area (Å²) < 4.78 is 14.6. The first-order chi connectivity index (χ1) is 10.5. The zero-order valence-electron chi connectivity index (χ0n) is 11.9. The van der Waals surface area contributed by atoms with E-state index in [4.69, 9.17) is 11.6 Å². The van der Waals surface area contributed by atoms with Gasteiger partial charge in [-0.2, -0.15) is 5.10 Å². The van der Waals surface area contributed by atoms with E-state index in [9.17, 15) is 14.3 Å². The Labute approximate surface area is 131 Å². The Hall–Kier alpha value is -1.92. The van der Waals surface area contributed by atoms with Crippen molar-refractivity contribution in [3.05, 3.63) is 57.2 Å². The van der Waals surface area contributed by atoms with E-state index in [0.29, 0.717) is 18.7 Å². The Kier molecular flexibility index (Phi) is 3.88. The molecule has 0 radical (unpaired) electrons. The maximum Gasteiger partial charge on any atom is 0.287 e. The summed E-state index contributed by atoms with van der Waals surface area (Å²) in [5.41, 5.74) is 0.780. The number of benzene rings is 1. The van der Waals surface area contributed by atoms with Gasteiger partial charge in [0, 0.05) is 13.6 Å². The van der Waals surface area contributed by atoms with E-state index >= 15 is 0 Å². The second-order valence-corrected chi connectivity index (χ2v) is 5.76. The molecule has 0 spiro atoms.